The Morgan fingerprint density at radius 3 is 2.50 bits per heavy atom. The number of hydrogen-bond acceptors (Lipinski definition) is 6. The smallest absolute Gasteiger partial charge is 0.340 e. The highest BCUT2D eigenvalue weighted by atomic mass is 32.2. The van der Waals surface area contributed by atoms with E-state index in [-0.39, 0.29) is 36.5 Å². The Hall–Kier alpha value is -3.33. The third kappa shape index (κ3) is 4.94. The second-order valence-electron chi connectivity index (χ2n) is 7.35. The largest absolute Gasteiger partial charge is 0.462 e. The van der Waals surface area contributed by atoms with Gasteiger partial charge in [-0.3, -0.25) is 19.3 Å². The zero-order valence-corrected chi connectivity index (χ0v) is 19.2. The van der Waals surface area contributed by atoms with Crippen molar-refractivity contribution >= 4 is 40.9 Å². The Balaban J connectivity index is 1.62. The lowest BCUT2D eigenvalue weighted by Gasteiger charge is -2.13. The van der Waals surface area contributed by atoms with E-state index in [1.165, 1.54) is 0 Å². The fourth-order valence-corrected chi connectivity index (χ4v) is 4.23. The first-order valence-corrected chi connectivity index (χ1v) is 11.0. The highest BCUT2D eigenvalue weighted by Gasteiger charge is 2.34. The van der Waals surface area contributed by atoms with Crippen molar-refractivity contribution in [2.45, 2.75) is 27.7 Å². The number of carbonyl (C=O) groups excluding carboxylic acids is 4. The maximum absolute atomic E-state index is 12.6. The van der Waals surface area contributed by atoms with Crippen molar-refractivity contribution in [1.82, 2.24) is 15.2 Å². The van der Waals surface area contributed by atoms with Crippen LogP contribution in [0.4, 0.5) is 4.79 Å². The summed E-state index contributed by atoms with van der Waals surface area (Å²) < 4.78 is 5.03. The van der Waals surface area contributed by atoms with Gasteiger partial charge in [0.25, 0.3) is 17.1 Å². The van der Waals surface area contributed by atoms with Gasteiger partial charge in [0.1, 0.15) is 5.69 Å². The number of nitrogens with zero attached hydrogens (tertiary/aromatic N) is 1. The molecular formula is C23H25N3O5S. The first kappa shape index (κ1) is 23.3. The van der Waals surface area contributed by atoms with Gasteiger partial charge in [-0.25, -0.2) is 4.79 Å². The van der Waals surface area contributed by atoms with Gasteiger partial charge < -0.3 is 15.0 Å². The molecule has 2 heterocycles. The Morgan fingerprint density at radius 2 is 1.84 bits per heavy atom. The van der Waals surface area contributed by atoms with E-state index in [1.54, 1.807) is 26.8 Å². The average Bonchev–Trinajstić information content (AvgIpc) is 3.19. The van der Waals surface area contributed by atoms with Crippen LogP contribution in [0.5, 0.6) is 0 Å². The summed E-state index contributed by atoms with van der Waals surface area (Å²) in [5, 5.41) is 2.32. The van der Waals surface area contributed by atoms with E-state index in [0.29, 0.717) is 21.7 Å². The van der Waals surface area contributed by atoms with Crippen molar-refractivity contribution in [3.63, 3.8) is 0 Å². The second-order valence-corrected chi connectivity index (χ2v) is 8.34. The van der Waals surface area contributed by atoms with Gasteiger partial charge in [0.05, 0.1) is 17.1 Å². The topological polar surface area (TPSA) is 109 Å². The summed E-state index contributed by atoms with van der Waals surface area (Å²) in [6.07, 6.45) is 1.69. The normalized spacial score (nSPS) is 14.9. The van der Waals surface area contributed by atoms with Crippen molar-refractivity contribution in [2.75, 3.05) is 19.7 Å². The van der Waals surface area contributed by atoms with Gasteiger partial charge in [-0.1, -0.05) is 29.8 Å². The summed E-state index contributed by atoms with van der Waals surface area (Å²) >= 11 is 0.880. The predicted octanol–water partition coefficient (Wildman–Crippen LogP) is 3.58. The molecule has 2 N–H and O–H groups in total. The number of thioether (sulfide) groups is 1. The van der Waals surface area contributed by atoms with E-state index in [1.807, 2.05) is 31.2 Å². The zero-order chi connectivity index (χ0) is 23.4. The fraction of sp³-hybridized carbons (Fsp3) is 0.304. The summed E-state index contributed by atoms with van der Waals surface area (Å²) in [5.41, 5.74) is 3.56. The van der Waals surface area contributed by atoms with Crippen molar-refractivity contribution in [2.24, 2.45) is 0 Å². The Kier molecular flexibility index (Phi) is 7.19. The maximum Gasteiger partial charge on any atom is 0.340 e. The number of hydrogen-bond donors (Lipinski definition) is 2. The number of esters is 1. The molecule has 0 spiro atoms. The van der Waals surface area contributed by atoms with E-state index in [4.69, 9.17) is 4.74 Å². The summed E-state index contributed by atoms with van der Waals surface area (Å²) in [6.45, 7) is 7.41. The lowest BCUT2D eigenvalue weighted by Crippen LogP contribution is -2.37. The fourth-order valence-electron chi connectivity index (χ4n) is 3.36. The third-order valence-electron chi connectivity index (χ3n) is 5.01. The number of nitrogens with one attached hydrogen (secondary N) is 2. The molecule has 8 nitrogen and oxygen atoms in total. The molecule has 2 aromatic rings. The summed E-state index contributed by atoms with van der Waals surface area (Å²) in [6, 6.07) is 7.63. The van der Waals surface area contributed by atoms with Crippen molar-refractivity contribution in [3.05, 3.63) is 62.8 Å². The Bertz CT molecular complexity index is 1100. The van der Waals surface area contributed by atoms with Crippen LogP contribution in [0, 0.1) is 20.8 Å². The molecule has 0 unspecified atom stereocenters. The summed E-state index contributed by atoms with van der Waals surface area (Å²) in [7, 11) is 0. The van der Waals surface area contributed by atoms with Crippen molar-refractivity contribution in [3.8, 4) is 0 Å². The summed E-state index contributed by atoms with van der Waals surface area (Å²) in [5.74, 6) is -1.30. The quantitative estimate of drug-likeness (QED) is 0.488. The number of rotatable bonds is 7. The highest BCUT2D eigenvalue weighted by molar-refractivity contribution is 8.18. The lowest BCUT2D eigenvalue weighted by molar-refractivity contribution is -0.122. The molecule has 0 bridgehead atoms. The van der Waals surface area contributed by atoms with E-state index >= 15 is 0 Å². The molecule has 0 aliphatic carbocycles. The minimum Gasteiger partial charge on any atom is -0.462 e. The van der Waals surface area contributed by atoms with Gasteiger partial charge in [-0.05, 0) is 56.7 Å². The van der Waals surface area contributed by atoms with Crippen LogP contribution in [0.2, 0.25) is 0 Å². The number of amides is 3. The number of ether oxygens (including phenoxy) is 1. The van der Waals surface area contributed by atoms with Gasteiger partial charge in [-0.15, -0.1) is 0 Å². The van der Waals surface area contributed by atoms with Gasteiger partial charge in [0.2, 0.25) is 0 Å². The molecule has 168 valence electrons. The first-order valence-electron chi connectivity index (χ1n) is 10.2. The number of benzene rings is 1. The molecule has 0 radical (unpaired) electrons. The molecule has 32 heavy (non-hydrogen) atoms. The predicted molar refractivity (Wildman–Crippen MR) is 122 cm³/mol. The molecule has 0 saturated carbocycles. The molecule has 1 aromatic heterocycles. The van der Waals surface area contributed by atoms with E-state index in [9.17, 15) is 19.2 Å². The molecule has 9 heteroatoms. The number of aromatic amines is 1. The highest BCUT2D eigenvalue weighted by Crippen LogP contribution is 2.32. The third-order valence-corrected chi connectivity index (χ3v) is 5.92. The average molecular weight is 456 g/mol. The van der Waals surface area contributed by atoms with Crippen LogP contribution < -0.4 is 5.32 Å². The minimum atomic E-state index is -0.490. The molecular weight excluding hydrogens is 430 g/mol. The molecule has 1 aliphatic rings. The van der Waals surface area contributed by atoms with Crippen molar-refractivity contribution < 1.29 is 23.9 Å². The SMILES string of the molecule is CCOC(=O)c1c(C)[nH]c(C(=O)NCCN2C(=O)S/C(=C\c3ccc(C)cc3)C2=O)c1C. The van der Waals surface area contributed by atoms with Crippen LogP contribution in [0.3, 0.4) is 0 Å². The van der Waals surface area contributed by atoms with Crippen LogP contribution in [0.25, 0.3) is 6.08 Å². The van der Waals surface area contributed by atoms with E-state index < -0.39 is 11.9 Å². The maximum atomic E-state index is 12.6. The number of carbonyl (C=O) groups is 4. The standard InChI is InChI=1S/C23H25N3O5S/c1-5-31-22(29)18-14(3)19(25-15(18)4)20(27)24-10-11-26-21(28)17(32-23(26)30)12-16-8-6-13(2)7-9-16/h6-9,12,25H,5,10-11H2,1-4H3,(H,24,27)/b17-12-. The Morgan fingerprint density at radius 1 is 1.16 bits per heavy atom. The number of aryl methyl sites for hydroxylation is 2. The molecule has 1 aliphatic heterocycles. The Labute approximate surface area is 190 Å². The monoisotopic (exact) mass is 455 g/mol. The molecule has 1 fully saturated rings. The first-order chi connectivity index (χ1) is 15.2. The van der Waals surface area contributed by atoms with Gasteiger partial charge >= 0.3 is 5.97 Å². The molecule has 0 atom stereocenters. The van der Waals surface area contributed by atoms with Gasteiger partial charge in [-0.2, -0.15) is 0 Å². The number of imide groups is 1. The van der Waals surface area contributed by atoms with Crippen LogP contribution in [-0.2, 0) is 9.53 Å². The molecule has 1 saturated heterocycles. The number of aromatic nitrogens is 1. The van der Waals surface area contributed by atoms with Crippen molar-refractivity contribution in [1.29, 1.82) is 0 Å². The number of H-pyrrole nitrogens is 1. The van der Waals surface area contributed by atoms with Gasteiger partial charge in [0, 0.05) is 18.8 Å². The molecule has 3 rings (SSSR count). The second kappa shape index (κ2) is 9.86. The van der Waals surface area contributed by atoms with Crippen LogP contribution in [-0.4, -0.2) is 52.6 Å². The van der Waals surface area contributed by atoms with Gasteiger partial charge in [0.15, 0.2) is 0 Å². The zero-order valence-electron chi connectivity index (χ0n) is 18.4. The molecule has 3 amide bonds. The lowest BCUT2D eigenvalue weighted by atomic mass is 10.1. The van der Waals surface area contributed by atoms with E-state index in [0.717, 1.165) is 27.8 Å². The molecule has 1 aromatic carbocycles. The minimum absolute atomic E-state index is 0.0467. The summed E-state index contributed by atoms with van der Waals surface area (Å²) in [4.78, 5) is 54.0. The van der Waals surface area contributed by atoms with E-state index in [2.05, 4.69) is 10.3 Å². The van der Waals surface area contributed by atoms with Crippen LogP contribution in [0.15, 0.2) is 29.2 Å². The van der Waals surface area contributed by atoms with Crippen LogP contribution in [0.1, 0.15) is 50.2 Å². The van der Waals surface area contributed by atoms with Crippen LogP contribution >= 0.6 is 11.8 Å².